The molecule has 0 radical (unpaired) electrons. The van der Waals surface area contributed by atoms with Gasteiger partial charge in [-0.15, -0.1) is 0 Å². The number of hydrogen-bond donors (Lipinski definition) is 1. The number of hydrogen-bond acceptors (Lipinski definition) is 3. The van der Waals surface area contributed by atoms with E-state index in [1.54, 1.807) is 12.3 Å². The molecule has 2 heterocycles. The van der Waals surface area contributed by atoms with Crippen molar-refractivity contribution in [2.75, 3.05) is 0 Å². The summed E-state index contributed by atoms with van der Waals surface area (Å²) in [7, 11) is 0. The van der Waals surface area contributed by atoms with Crippen molar-refractivity contribution < 1.29 is 9.84 Å². The molecule has 25 heavy (non-hydrogen) atoms. The number of benzene rings is 2. The highest BCUT2D eigenvalue weighted by atomic mass is 35.5. The van der Waals surface area contributed by atoms with E-state index in [0.717, 1.165) is 22.7 Å². The number of nitrogens with zero attached hydrogens (tertiary/aromatic N) is 2. The van der Waals surface area contributed by atoms with E-state index in [0.29, 0.717) is 5.02 Å². The molecule has 1 N–H and O–H groups in total. The van der Waals surface area contributed by atoms with E-state index >= 15 is 0 Å². The SMILES string of the molecule is CC1(C)Oc2ccc(Cl)cc2[C@@H](n2ccnc2-c2ccccc2)[C@@H]1O. The molecule has 2 atom stereocenters. The van der Waals surface area contributed by atoms with E-state index in [2.05, 4.69) is 4.98 Å². The van der Waals surface area contributed by atoms with Crippen molar-refractivity contribution >= 4 is 11.6 Å². The fraction of sp³-hybridized carbons (Fsp3) is 0.250. The van der Waals surface area contributed by atoms with Crippen molar-refractivity contribution in [2.45, 2.75) is 31.6 Å². The van der Waals surface area contributed by atoms with Crippen LogP contribution in [0.25, 0.3) is 11.4 Å². The molecule has 1 aromatic heterocycles. The van der Waals surface area contributed by atoms with Gasteiger partial charge in [-0.3, -0.25) is 0 Å². The third-order valence-electron chi connectivity index (χ3n) is 4.68. The van der Waals surface area contributed by atoms with Crippen LogP contribution < -0.4 is 4.74 Å². The monoisotopic (exact) mass is 354 g/mol. The summed E-state index contributed by atoms with van der Waals surface area (Å²) in [5, 5.41) is 11.7. The Hall–Kier alpha value is -2.30. The normalized spacial score (nSPS) is 21.4. The fourth-order valence-electron chi connectivity index (χ4n) is 3.39. The predicted molar refractivity (Wildman–Crippen MR) is 98.0 cm³/mol. The van der Waals surface area contributed by atoms with Crippen molar-refractivity contribution in [1.29, 1.82) is 0 Å². The van der Waals surface area contributed by atoms with Crippen molar-refractivity contribution in [2.24, 2.45) is 0 Å². The summed E-state index contributed by atoms with van der Waals surface area (Å²) in [5.41, 5.74) is 1.12. The number of aliphatic hydroxyl groups is 1. The molecule has 0 fully saturated rings. The van der Waals surface area contributed by atoms with Gasteiger partial charge in [0.05, 0.1) is 6.04 Å². The quantitative estimate of drug-likeness (QED) is 0.745. The molecule has 3 aromatic rings. The lowest BCUT2D eigenvalue weighted by molar-refractivity contribution is -0.0633. The number of fused-ring (bicyclic) bond motifs is 1. The molecule has 1 aliphatic rings. The maximum absolute atomic E-state index is 11.1. The standard InChI is InChI=1S/C20H19ClN2O2/c1-20(2)18(24)17(15-12-14(21)8-9-16(15)25-20)23-11-10-22-19(23)13-6-4-3-5-7-13/h3-12,17-18,24H,1-2H3/t17-,18+/m1/s1. The molecule has 0 amide bonds. The van der Waals surface area contributed by atoms with Crippen LogP contribution in [0.2, 0.25) is 5.02 Å². The van der Waals surface area contributed by atoms with Gasteiger partial charge in [0.25, 0.3) is 0 Å². The van der Waals surface area contributed by atoms with Crippen molar-refractivity contribution in [3.63, 3.8) is 0 Å². The van der Waals surface area contributed by atoms with E-state index in [-0.39, 0.29) is 6.04 Å². The van der Waals surface area contributed by atoms with Gasteiger partial charge in [-0.25, -0.2) is 4.98 Å². The van der Waals surface area contributed by atoms with Crippen LogP contribution in [0.1, 0.15) is 25.5 Å². The third kappa shape index (κ3) is 2.71. The van der Waals surface area contributed by atoms with Crippen molar-refractivity contribution in [1.82, 2.24) is 9.55 Å². The average molecular weight is 355 g/mol. The minimum atomic E-state index is -0.755. The first-order chi connectivity index (χ1) is 12.0. The second kappa shape index (κ2) is 5.90. The average Bonchev–Trinajstić information content (AvgIpc) is 3.06. The summed E-state index contributed by atoms with van der Waals surface area (Å²) in [5.74, 6) is 1.53. The fourth-order valence-corrected chi connectivity index (χ4v) is 3.57. The maximum atomic E-state index is 11.1. The van der Waals surface area contributed by atoms with Gasteiger partial charge < -0.3 is 14.4 Å². The molecule has 2 aromatic carbocycles. The molecule has 0 saturated heterocycles. The molecule has 4 rings (SSSR count). The Morgan fingerprint density at radius 1 is 1.16 bits per heavy atom. The minimum Gasteiger partial charge on any atom is -0.485 e. The second-order valence-electron chi connectivity index (χ2n) is 6.80. The highest BCUT2D eigenvalue weighted by molar-refractivity contribution is 6.30. The maximum Gasteiger partial charge on any atom is 0.140 e. The summed E-state index contributed by atoms with van der Waals surface area (Å²) in [6.45, 7) is 3.78. The molecule has 0 unspecified atom stereocenters. The van der Waals surface area contributed by atoms with Gasteiger partial charge in [0.1, 0.15) is 23.3 Å². The summed E-state index contributed by atoms with van der Waals surface area (Å²) in [6.07, 6.45) is 2.89. The van der Waals surface area contributed by atoms with Crippen LogP contribution in [-0.2, 0) is 0 Å². The van der Waals surface area contributed by atoms with Gasteiger partial charge in [0.2, 0.25) is 0 Å². The van der Waals surface area contributed by atoms with Crippen LogP contribution in [0.4, 0.5) is 0 Å². The van der Waals surface area contributed by atoms with Gasteiger partial charge in [-0.05, 0) is 32.0 Å². The zero-order valence-electron chi connectivity index (χ0n) is 14.1. The molecule has 5 heteroatoms. The largest absolute Gasteiger partial charge is 0.485 e. The van der Waals surface area contributed by atoms with Gasteiger partial charge in [0, 0.05) is 28.5 Å². The molecule has 0 aliphatic carbocycles. The summed E-state index contributed by atoms with van der Waals surface area (Å²) in [6, 6.07) is 15.1. The number of rotatable bonds is 2. The van der Waals surface area contributed by atoms with Gasteiger partial charge in [-0.1, -0.05) is 41.9 Å². The van der Waals surface area contributed by atoms with E-state index in [1.165, 1.54) is 0 Å². The first-order valence-electron chi connectivity index (χ1n) is 8.22. The Kier molecular flexibility index (Phi) is 3.82. The topological polar surface area (TPSA) is 47.3 Å². The molecule has 128 valence electrons. The minimum absolute atomic E-state index is 0.338. The lowest BCUT2D eigenvalue weighted by Crippen LogP contribution is -2.50. The van der Waals surface area contributed by atoms with Crippen LogP contribution in [0.3, 0.4) is 0 Å². The first-order valence-corrected chi connectivity index (χ1v) is 8.60. The Balaban J connectivity index is 1.91. The molecule has 0 spiro atoms. The number of halogens is 1. The number of aromatic nitrogens is 2. The Labute approximate surface area is 151 Å². The Bertz CT molecular complexity index is 905. The zero-order chi connectivity index (χ0) is 17.6. The molecular formula is C20H19ClN2O2. The highest BCUT2D eigenvalue weighted by Gasteiger charge is 2.44. The second-order valence-corrected chi connectivity index (χ2v) is 7.24. The van der Waals surface area contributed by atoms with Crippen LogP contribution in [0.15, 0.2) is 60.9 Å². The Morgan fingerprint density at radius 3 is 2.68 bits per heavy atom. The lowest BCUT2D eigenvalue weighted by atomic mass is 9.86. The highest BCUT2D eigenvalue weighted by Crippen LogP contribution is 2.44. The molecule has 0 saturated carbocycles. The van der Waals surface area contributed by atoms with Crippen LogP contribution in [0, 0.1) is 0 Å². The van der Waals surface area contributed by atoms with Gasteiger partial charge >= 0.3 is 0 Å². The van der Waals surface area contributed by atoms with E-state index in [9.17, 15) is 5.11 Å². The number of ether oxygens (including phenoxy) is 1. The lowest BCUT2D eigenvalue weighted by Gasteiger charge is -2.43. The van der Waals surface area contributed by atoms with E-state index in [1.807, 2.05) is 67.1 Å². The summed E-state index contributed by atoms with van der Waals surface area (Å²) < 4.78 is 8.02. The van der Waals surface area contributed by atoms with Gasteiger partial charge in [-0.2, -0.15) is 0 Å². The molecule has 1 aliphatic heterocycles. The van der Waals surface area contributed by atoms with Crippen LogP contribution >= 0.6 is 11.6 Å². The molecule has 0 bridgehead atoms. The van der Waals surface area contributed by atoms with E-state index in [4.69, 9.17) is 16.3 Å². The summed E-state index contributed by atoms with van der Waals surface area (Å²) >= 11 is 6.22. The van der Waals surface area contributed by atoms with Crippen molar-refractivity contribution in [3.05, 3.63) is 71.5 Å². The Morgan fingerprint density at radius 2 is 1.92 bits per heavy atom. The number of imidazole rings is 1. The van der Waals surface area contributed by atoms with Crippen LogP contribution in [-0.4, -0.2) is 26.4 Å². The van der Waals surface area contributed by atoms with Crippen LogP contribution in [0.5, 0.6) is 5.75 Å². The molecule has 4 nitrogen and oxygen atoms in total. The molecular weight excluding hydrogens is 336 g/mol. The number of aliphatic hydroxyl groups excluding tert-OH is 1. The third-order valence-corrected chi connectivity index (χ3v) is 4.91. The zero-order valence-corrected chi connectivity index (χ0v) is 14.8. The van der Waals surface area contributed by atoms with Gasteiger partial charge in [0.15, 0.2) is 0 Å². The first kappa shape index (κ1) is 16.2. The summed E-state index contributed by atoms with van der Waals surface area (Å²) in [4.78, 5) is 4.52. The van der Waals surface area contributed by atoms with Crippen molar-refractivity contribution in [3.8, 4) is 17.1 Å². The predicted octanol–water partition coefficient (Wildman–Crippen LogP) is 4.32. The van der Waals surface area contributed by atoms with E-state index < -0.39 is 11.7 Å². The smallest absolute Gasteiger partial charge is 0.140 e.